The van der Waals surface area contributed by atoms with Crippen LogP contribution in [0.5, 0.6) is 11.8 Å². The summed E-state index contributed by atoms with van der Waals surface area (Å²) in [5, 5.41) is 26.8. The van der Waals surface area contributed by atoms with E-state index in [9.17, 15) is 19.8 Å². The zero-order chi connectivity index (χ0) is 48.1. The van der Waals surface area contributed by atoms with Gasteiger partial charge in [-0.15, -0.1) is 0 Å². The van der Waals surface area contributed by atoms with Crippen LogP contribution >= 0.6 is 0 Å². The van der Waals surface area contributed by atoms with E-state index in [0.29, 0.717) is 79.2 Å². The van der Waals surface area contributed by atoms with Crippen LogP contribution in [0.1, 0.15) is 86.7 Å². The topological polar surface area (TPSA) is 151 Å². The van der Waals surface area contributed by atoms with Gasteiger partial charge in [0.15, 0.2) is 5.82 Å². The lowest BCUT2D eigenvalue weighted by atomic mass is 9.71. The molecule has 1 saturated carbocycles. The Bertz CT molecular complexity index is 2940. The number of nitrogens with one attached hydrogen (secondary N) is 1. The molecular formula is C55H64FN9O5. The Morgan fingerprint density at radius 2 is 1.76 bits per heavy atom. The highest BCUT2D eigenvalue weighted by Crippen LogP contribution is 2.49. The van der Waals surface area contributed by atoms with Crippen molar-refractivity contribution in [3.8, 4) is 23.0 Å². The molecule has 1 spiro atoms. The Labute approximate surface area is 408 Å². The molecule has 1 unspecified atom stereocenters. The quantitative estimate of drug-likeness (QED) is 0.118. The number of amides is 2. The minimum atomic E-state index is -0.921. The number of β-amino-alcohol motifs (C(OH)–C–C–N with tert-alkyl or cyclic N) is 1. The fraction of sp³-hybridized carbons (Fsp3) is 0.509. The third-order valence-electron chi connectivity index (χ3n) is 16.8. The molecule has 7 aliphatic rings. The Morgan fingerprint density at radius 3 is 2.51 bits per heavy atom. The highest BCUT2D eigenvalue weighted by Gasteiger charge is 2.49. The van der Waals surface area contributed by atoms with Crippen LogP contribution < -0.4 is 19.9 Å². The third kappa shape index (κ3) is 8.30. The monoisotopic (exact) mass is 950 g/mol. The molecule has 8 heterocycles. The van der Waals surface area contributed by atoms with Gasteiger partial charge in [-0.25, -0.2) is 4.39 Å². The molecule has 1 aliphatic carbocycles. The van der Waals surface area contributed by atoms with E-state index in [1.54, 1.807) is 23.2 Å². The van der Waals surface area contributed by atoms with E-state index < -0.39 is 17.5 Å². The van der Waals surface area contributed by atoms with Crippen LogP contribution in [0.3, 0.4) is 0 Å². The fourth-order valence-corrected chi connectivity index (χ4v) is 12.8. The lowest BCUT2D eigenvalue weighted by Crippen LogP contribution is -2.63. The average molecular weight is 950 g/mol. The van der Waals surface area contributed by atoms with Crippen molar-refractivity contribution in [1.82, 2.24) is 35.0 Å². The number of carbonyl (C=O) groups excluding carboxylic acids is 2. The minimum Gasteiger partial charge on any atom is -0.508 e. The van der Waals surface area contributed by atoms with Crippen LogP contribution in [0, 0.1) is 22.6 Å². The van der Waals surface area contributed by atoms with Gasteiger partial charge in [0.1, 0.15) is 28.8 Å². The number of aromatic hydroxyl groups is 1. The number of aromatic nitrogens is 3. The number of carbonyl (C=O) groups is 2. The molecule has 2 atom stereocenters. The van der Waals surface area contributed by atoms with Crippen molar-refractivity contribution >= 4 is 45.0 Å². The number of hydrogen-bond donors (Lipinski definition) is 3. The van der Waals surface area contributed by atoms with Crippen LogP contribution in [0.2, 0.25) is 0 Å². The predicted octanol–water partition coefficient (Wildman–Crippen LogP) is 7.04. The molecule has 70 heavy (non-hydrogen) atoms. The maximum atomic E-state index is 17.1. The lowest BCUT2D eigenvalue weighted by Gasteiger charge is -2.56. The number of phenols is 1. The first kappa shape index (κ1) is 45.3. The van der Waals surface area contributed by atoms with Crippen LogP contribution in [0.15, 0.2) is 67.0 Å². The molecular weight excluding hydrogens is 886 g/mol. The highest BCUT2D eigenvalue weighted by atomic mass is 19.1. The van der Waals surface area contributed by atoms with Crippen LogP contribution in [-0.2, 0) is 17.8 Å². The standard InChI is InChI=1S/C55H64FN9O5/c1-4-36-7-5-8-37-22-40(66)23-42(45(36)37)47-46(56)48-43(24-57-47)49(64-18-6-13-53(3,69)29-64)60-52(59-48)70-33-55(14-15-55)32-61-25-35(26-61)27-62-30-54(31-62)16-19-63(20-17-54)39-10-11-41-38(21-39)28-65(51(41)68)44-12-9-34(2)58-50(44)67/h5,7-8,10-11,21-24,35,44,66,69H,2,4,6,9,12-20,25-33H2,1,3H3,(H,58,67)/t44?,53-/m1/s1. The van der Waals surface area contributed by atoms with Crippen molar-refractivity contribution in [2.24, 2.45) is 16.7 Å². The number of allylic oxidation sites excluding steroid dienone is 1. The van der Waals surface area contributed by atoms with Crippen molar-refractivity contribution in [2.45, 2.75) is 89.8 Å². The van der Waals surface area contributed by atoms with Crippen molar-refractivity contribution in [3.05, 3.63) is 89.5 Å². The van der Waals surface area contributed by atoms with Crippen LogP contribution in [0.25, 0.3) is 32.9 Å². The second-order valence-corrected chi connectivity index (χ2v) is 22.3. The normalized spacial score (nSPS) is 24.5. The molecule has 0 radical (unpaired) electrons. The number of hydrogen-bond acceptors (Lipinski definition) is 12. The Hall–Kier alpha value is -5.90. The molecule has 6 fully saturated rings. The summed E-state index contributed by atoms with van der Waals surface area (Å²) < 4.78 is 23.6. The van der Waals surface area contributed by atoms with E-state index in [2.05, 4.69) is 50.6 Å². The van der Waals surface area contributed by atoms with Gasteiger partial charge < -0.3 is 44.8 Å². The SMILES string of the molecule is C=C1CCC(N2Cc3cc(N4CCC5(CC4)CN(CC4CN(CC6(COc7nc(N8CCC[C@@](C)(O)C8)c8cnc(-c9cc(O)cc%10cccc(CC)c9%10)c(F)c8n7)CC6)C4)C5)ccc3C2=O)C(=O)N1. The Morgan fingerprint density at radius 1 is 0.943 bits per heavy atom. The number of fused-ring (bicyclic) bond motifs is 3. The molecule has 6 aliphatic heterocycles. The summed E-state index contributed by atoms with van der Waals surface area (Å²) in [6.45, 7) is 18.3. The van der Waals surface area contributed by atoms with Crippen molar-refractivity contribution in [2.75, 3.05) is 81.9 Å². The van der Waals surface area contributed by atoms with Gasteiger partial charge in [0, 0.05) is 106 Å². The van der Waals surface area contributed by atoms with Crippen molar-refractivity contribution in [3.63, 3.8) is 0 Å². The number of aryl methyl sites for hydroxylation is 1. The molecule has 3 N–H and O–H groups in total. The van der Waals surface area contributed by atoms with Gasteiger partial charge in [0.05, 0.1) is 17.6 Å². The number of piperidine rings is 3. The zero-order valence-corrected chi connectivity index (χ0v) is 40.5. The molecule has 3 aromatic carbocycles. The number of anilines is 2. The van der Waals surface area contributed by atoms with E-state index in [4.69, 9.17) is 14.7 Å². The summed E-state index contributed by atoms with van der Waals surface area (Å²) in [7, 11) is 0. The number of benzene rings is 3. The average Bonchev–Trinajstić information content (AvgIpc) is 4.02. The van der Waals surface area contributed by atoms with Gasteiger partial charge in [-0.05, 0) is 128 Å². The number of nitrogens with zero attached hydrogens (tertiary/aromatic N) is 8. The van der Waals surface area contributed by atoms with E-state index in [0.717, 1.165) is 118 Å². The fourth-order valence-electron chi connectivity index (χ4n) is 12.8. The number of ether oxygens (including phenoxy) is 1. The van der Waals surface area contributed by atoms with Gasteiger partial charge in [0.25, 0.3) is 5.91 Å². The number of halogens is 1. The Kier molecular flexibility index (Phi) is 11.1. The second kappa shape index (κ2) is 17.2. The number of aliphatic hydroxyl groups is 1. The zero-order valence-electron chi connectivity index (χ0n) is 40.5. The number of likely N-dealkylation sites (tertiary alicyclic amines) is 2. The number of pyridine rings is 1. The summed E-state index contributed by atoms with van der Waals surface area (Å²) in [5.41, 5.74) is 4.84. The van der Waals surface area contributed by atoms with Crippen molar-refractivity contribution < 1.29 is 28.9 Å². The van der Waals surface area contributed by atoms with Crippen LogP contribution in [-0.4, -0.2) is 135 Å². The molecule has 15 heteroatoms. The van der Waals surface area contributed by atoms with Gasteiger partial charge in [-0.2, -0.15) is 9.97 Å². The number of rotatable bonds is 12. The van der Waals surface area contributed by atoms with Gasteiger partial charge in [-0.3, -0.25) is 14.6 Å². The van der Waals surface area contributed by atoms with E-state index in [1.165, 1.54) is 5.69 Å². The molecule has 12 rings (SSSR count). The van der Waals surface area contributed by atoms with Crippen LogP contribution in [0.4, 0.5) is 15.9 Å². The summed E-state index contributed by atoms with van der Waals surface area (Å²) in [4.78, 5) is 51.7. The smallest absolute Gasteiger partial charge is 0.319 e. The maximum absolute atomic E-state index is 17.1. The first-order chi connectivity index (χ1) is 33.7. The minimum absolute atomic E-state index is 0.00163. The Balaban J connectivity index is 0.660. The highest BCUT2D eigenvalue weighted by molar-refractivity contribution is 6.03. The molecule has 5 saturated heterocycles. The van der Waals surface area contributed by atoms with Gasteiger partial charge >= 0.3 is 6.01 Å². The van der Waals surface area contributed by atoms with E-state index in [-0.39, 0.29) is 40.2 Å². The predicted molar refractivity (Wildman–Crippen MR) is 267 cm³/mol. The summed E-state index contributed by atoms with van der Waals surface area (Å²) in [5.74, 6) is 0.411. The third-order valence-corrected chi connectivity index (χ3v) is 16.8. The van der Waals surface area contributed by atoms with Crippen molar-refractivity contribution in [1.29, 1.82) is 0 Å². The summed E-state index contributed by atoms with van der Waals surface area (Å²) in [6, 6.07) is 15.1. The maximum Gasteiger partial charge on any atom is 0.319 e. The first-order valence-corrected chi connectivity index (χ1v) is 25.6. The van der Waals surface area contributed by atoms with Gasteiger partial charge in [0.2, 0.25) is 5.91 Å². The molecule has 366 valence electrons. The molecule has 0 bridgehead atoms. The molecule has 2 aromatic heterocycles. The molecule has 14 nitrogen and oxygen atoms in total. The summed E-state index contributed by atoms with van der Waals surface area (Å²) in [6.07, 6.45) is 9.54. The molecule has 5 aromatic rings. The molecule has 2 amide bonds. The largest absolute Gasteiger partial charge is 0.508 e. The lowest BCUT2D eigenvalue weighted by molar-refractivity contribution is -0.126. The second-order valence-electron chi connectivity index (χ2n) is 22.3. The number of phenolic OH excluding ortho intramolecular Hbond substituents is 1. The van der Waals surface area contributed by atoms with E-state index in [1.807, 2.05) is 36.1 Å². The van der Waals surface area contributed by atoms with Gasteiger partial charge in [-0.1, -0.05) is 31.7 Å². The van der Waals surface area contributed by atoms with E-state index >= 15 is 4.39 Å². The summed E-state index contributed by atoms with van der Waals surface area (Å²) >= 11 is 0. The first-order valence-electron chi connectivity index (χ1n) is 25.6.